The number of carbonyl (C=O) groups is 1. The number of hydrogen-bond donors (Lipinski definition) is 2. The highest BCUT2D eigenvalue weighted by Gasteiger charge is 2.01. The van der Waals surface area contributed by atoms with Crippen LogP contribution in [0, 0.1) is 0 Å². The number of hydrogen-bond acceptors (Lipinski definition) is 2. The fourth-order valence-corrected chi connectivity index (χ4v) is 2.23. The quantitative estimate of drug-likeness (QED) is 0.637. The maximum Gasteiger partial charge on any atom is 0.250 e. The highest BCUT2D eigenvalue weighted by molar-refractivity contribution is 7.80. The molecule has 0 aliphatic carbocycles. The molecule has 0 spiro atoms. The third-order valence-electron chi connectivity index (χ3n) is 3.15. The van der Waals surface area contributed by atoms with Crippen LogP contribution in [0.3, 0.4) is 0 Å². The average Bonchev–Trinajstić information content (AvgIpc) is 2.55. The van der Waals surface area contributed by atoms with Gasteiger partial charge in [-0.05, 0) is 60.1 Å². The summed E-state index contributed by atoms with van der Waals surface area (Å²) < 4.78 is 0. The molecule has 0 bridgehead atoms. The lowest BCUT2D eigenvalue weighted by Gasteiger charge is -2.08. The number of rotatable bonds is 4. The van der Waals surface area contributed by atoms with E-state index in [2.05, 4.69) is 17.6 Å². The average molecular weight is 345 g/mol. The molecule has 2 aromatic carbocycles. The number of aryl methyl sites for hydroxylation is 1. The van der Waals surface area contributed by atoms with Crippen molar-refractivity contribution in [2.24, 2.45) is 0 Å². The van der Waals surface area contributed by atoms with Crippen LogP contribution in [0.15, 0.2) is 54.6 Å². The lowest BCUT2D eigenvalue weighted by Crippen LogP contribution is -2.32. The van der Waals surface area contributed by atoms with Gasteiger partial charge in [-0.25, -0.2) is 0 Å². The third kappa shape index (κ3) is 5.85. The smallest absolute Gasteiger partial charge is 0.250 e. The van der Waals surface area contributed by atoms with Crippen molar-refractivity contribution in [2.75, 3.05) is 5.32 Å². The van der Waals surface area contributed by atoms with Gasteiger partial charge in [-0.2, -0.15) is 0 Å². The molecule has 2 N–H and O–H groups in total. The minimum atomic E-state index is -0.289. The van der Waals surface area contributed by atoms with E-state index < -0.39 is 0 Å². The summed E-state index contributed by atoms with van der Waals surface area (Å²) in [5, 5.41) is 6.51. The van der Waals surface area contributed by atoms with Gasteiger partial charge in [-0.3, -0.25) is 10.1 Å². The van der Waals surface area contributed by atoms with Gasteiger partial charge >= 0.3 is 0 Å². The molecule has 0 radical (unpaired) electrons. The Morgan fingerprint density at radius 1 is 1.13 bits per heavy atom. The Bertz CT molecular complexity index is 709. The standard InChI is InChI=1S/C18H17ClN2OS/c1-2-13-5-10-16(11-6-13)20-18(23)21-17(22)12-7-14-3-8-15(19)9-4-14/h3-12H,2H2,1H3,(H2,20,21,22,23)/b12-7+. The van der Waals surface area contributed by atoms with Gasteiger partial charge in [0.25, 0.3) is 0 Å². The Hall–Kier alpha value is -2.17. The van der Waals surface area contributed by atoms with Crippen molar-refractivity contribution in [3.8, 4) is 0 Å². The van der Waals surface area contributed by atoms with E-state index in [0.29, 0.717) is 5.02 Å². The Morgan fingerprint density at radius 3 is 2.39 bits per heavy atom. The minimum absolute atomic E-state index is 0.264. The van der Waals surface area contributed by atoms with Crippen molar-refractivity contribution < 1.29 is 4.79 Å². The molecule has 0 atom stereocenters. The van der Waals surface area contributed by atoms with E-state index in [-0.39, 0.29) is 11.0 Å². The SMILES string of the molecule is CCc1ccc(NC(=S)NC(=O)/C=C/c2ccc(Cl)cc2)cc1. The predicted octanol–water partition coefficient (Wildman–Crippen LogP) is 4.43. The second-order valence-electron chi connectivity index (χ2n) is 4.88. The van der Waals surface area contributed by atoms with Crippen molar-refractivity contribution in [1.82, 2.24) is 5.32 Å². The largest absolute Gasteiger partial charge is 0.332 e. The topological polar surface area (TPSA) is 41.1 Å². The second-order valence-corrected chi connectivity index (χ2v) is 5.72. The molecule has 2 rings (SSSR count). The van der Waals surface area contributed by atoms with Gasteiger partial charge in [-0.15, -0.1) is 0 Å². The molecule has 0 saturated carbocycles. The van der Waals surface area contributed by atoms with E-state index in [1.807, 2.05) is 36.4 Å². The molecule has 118 valence electrons. The zero-order valence-corrected chi connectivity index (χ0v) is 14.2. The number of amides is 1. The van der Waals surface area contributed by atoms with Crippen LogP contribution in [0.5, 0.6) is 0 Å². The molecule has 0 aromatic heterocycles. The second kappa shape index (κ2) is 8.46. The summed E-state index contributed by atoms with van der Waals surface area (Å²) in [4.78, 5) is 11.8. The fourth-order valence-electron chi connectivity index (χ4n) is 1.89. The van der Waals surface area contributed by atoms with E-state index in [1.165, 1.54) is 11.6 Å². The third-order valence-corrected chi connectivity index (χ3v) is 3.61. The van der Waals surface area contributed by atoms with Crippen molar-refractivity contribution in [3.05, 3.63) is 70.8 Å². The highest BCUT2D eigenvalue weighted by atomic mass is 35.5. The number of nitrogens with one attached hydrogen (secondary N) is 2. The van der Waals surface area contributed by atoms with Gasteiger partial charge in [0.2, 0.25) is 5.91 Å². The first-order valence-corrected chi connectivity index (χ1v) is 8.00. The first kappa shape index (κ1) is 17.2. The van der Waals surface area contributed by atoms with Gasteiger partial charge in [0.15, 0.2) is 5.11 Å². The van der Waals surface area contributed by atoms with Crippen LogP contribution in [0.4, 0.5) is 5.69 Å². The van der Waals surface area contributed by atoms with Gasteiger partial charge in [-0.1, -0.05) is 42.8 Å². The normalized spacial score (nSPS) is 10.5. The molecule has 3 nitrogen and oxygen atoms in total. The van der Waals surface area contributed by atoms with Crippen molar-refractivity contribution in [2.45, 2.75) is 13.3 Å². The Morgan fingerprint density at radius 2 is 1.78 bits per heavy atom. The maximum absolute atomic E-state index is 11.8. The summed E-state index contributed by atoms with van der Waals surface area (Å²) >= 11 is 10.9. The Labute approximate surface area is 146 Å². The van der Waals surface area contributed by atoms with Crippen LogP contribution < -0.4 is 10.6 Å². The summed E-state index contributed by atoms with van der Waals surface area (Å²) in [6.07, 6.45) is 4.11. The minimum Gasteiger partial charge on any atom is -0.332 e. The zero-order valence-electron chi connectivity index (χ0n) is 12.7. The number of anilines is 1. The van der Waals surface area contributed by atoms with Crippen molar-refractivity contribution >= 4 is 46.6 Å². The first-order chi connectivity index (χ1) is 11.1. The van der Waals surface area contributed by atoms with Crippen LogP contribution in [-0.4, -0.2) is 11.0 Å². The summed E-state index contributed by atoms with van der Waals surface area (Å²) in [7, 11) is 0. The van der Waals surface area contributed by atoms with Crippen LogP contribution in [-0.2, 0) is 11.2 Å². The van der Waals surface area contributed by atoms with Gasteiger partial charge in [0, 0.05) is 16.8 Å². The van der Waals surface area contributed by atoms with Gasteiger partial charge < -0.3 is 5.32 Å². The number of thiocarbonyl (C=S) groups is 1. The summed E-state index contributed by atoms with van der Waals surface area (Å²) in [5.74, 6) is -0.289. The first-order valence-electron chi connectivity index (χ1n) is 7.21. The van der Waals surface area contributed by atoms with Crippen LogP contribution >= 0.6 is 23.8 Å². The molecule has 0 heterocycles. The lowest BCUT2D eigenvalue weighted by atomic mass is 10.1. The summed E-state index contributed by atoms with van der Waals surface area (Å²) in [5.41, 5.74) is 2.98. The van der Waals surface area contributed by atoms with E-state index in [0.717, 1.165) is 17.7 Å². The molecular formula is C18H17ClN2OS. The molecule has 5 heteroatoms. The number of benzene rings is 2. The van der Waals surface area contributed by atoms with Gasteiger partial charge in [0.05, 0.1) is 0 Å². The molecule has 0 unspecified atom stereocenters. The fraction of sp³-hybridized carbons (Fsp3) is 0.111. The summed E-state index contributed by atoms with van der Waals surface area (Å²) in [6.45, 7) is 2.10. The van der Waals surface area contributed by atoms with Crippen LogP contribution in [0.1, 0.15) is 18.1 Å². The zero-order chi connectivity index (χ0) is 16.7. The van der Waals surface area contributed by atoms with Crippen molar-refractivity contribution in [1.29, 1.82) is 0 Å². The number of carbonyl (C=O) groups excluding carboxylic acids is 1. The molecule has 23 heavy (non-hydrogen) atoms. The molecule has 1 amide bonds. The molecule has 0 fully saturated rings. The monoisotopic (exact) mass is 344 g/mol. The van der Waals surface area contributed by atoms with Crippen LogP contribution in [0.25, 0.3) is 6.08 Å². The van der Waals surface area contributed by atoms with E-state index in [9.17, 15) is 4.79 Å². The number of halogens is 1. The van der Waals surface area contributed by atoms with E-state index in [4.69, 9.17) is 23.8 Å². The maximum atomic E-state index is 11.8. The molecule has 2 aromatic rings. The highest BCUT2D eigenvalue weighted by Crippen LogP contribution is 2.11. The van der Waals surface area contributed by atoms with E-state index >= 15 is 0 Å². The van der Waals surface area contributed by atoms with Crippen molar-refractivity contribution in [3.63, 3.8) is 0 Å². The van der Waals surface area contributed by atoms with E-state index in [1.54, 1.807) is 18.2 Å². The Kier molecular flexibility index (Phi) is 6.32. The van der Waals surface area contributed by atoms with Crippen LogP contribution in [0.2, 0.25) is 5.02 Å². The summed E-state index contributed by atoms with van der Waals surface area (Å²) in [6, 6.07) is 15.1. The molecule has 0 saturated heterocycles. The molecule has 0 aliphatic heterocycles. The molecular weight excluding hydrogens is 328 g/mol. The molecule has 0 aliphatic rings. The van der Waals surface area contributed by atoms with Gasteiger partial charge in [0.1, 0.15) is 0 Å². The predicted molar refractivity (Wildman–Crippen MR) is 101 cm³/mol. The Balaban J connectivity index is 1.86. The lowest BCUT2D eigenvalue weighted by molar-refractivity contribution is -0.115.